The van der Waals surface area contributed by atoms with Crippen LogP contribution in [-0.4, -0.2) is 58.8 Å². The number of nitrogens with zero attached hydrogens (tertiary/aromatic N) is 4. The van der Waals surface area contributed by atoms with Gasteiger partial charge in [0.15, 0.2) is 5.03 Å². The predicted octanol–water partition coefficient (Wildman–Crippen LogP) is 2.09. The number of hydrogen-bond acceptors (Lipinski definition) is 6. The van der Waals surface area contributed by atoms with Gasteiger partial charge in [0.1, 0.15) is 11.6 Å². The molecular formula is C20H21FN4O5S. The van der Waals surface area contributed by atoms with Crippen molar-refractivity contribution in [1.82, 2.24) is 19.1 Å². The van der Waals surface area contributed by atoms with Gasteiger partial charge in [-0.25, -0.2) is 17.8 Å². The molecule has 1 fully saturated rings. The number of carbonyl (C=O) groups is 1. The van der Waals surface area contributed by atoms with Crippen molar-refractivity contribution in [2.45, 2.75) is 24.4 Å². The van der Waals surface area contributed by atoms with Crippen LogP contribution < -0.4 is 4.74 Å². The number of ether oxygens (including phenoxy) is 1. The third kappa shape index (κ3) is 3.86. The highest BCUT2D eigenvalue weighted by atomic mass is 32.2. The number of rotatable bonds is 6. The Kier molecular flexibility index (Phi) is 5.40. The monoisotopic (exact) mass is 448 g/mol. The Morgan fingerprint density at radius 2 is 2.06 bits per heavy atom. The molecule has 2 atom stereocenters. The van der Waals surface area contributed by atoms with Crippen molar-refractivity contribution >= 4 is 26.9 Å². The van der Waals surface area contributed by atoms with Crippen LogP contribution in [0, 0.1) is 11.7 Å². The Labute approximate surface area is 178 Å². The van der Waals surface area contributed by atoms with Crippen LogP contribution in [0.3, 0.4) is 0 Å². The maximum atomic E-state index is 13.9. The number of sulfonamides is 1. The molecule has 1 saturated heterocycles. The number of halogens is 1. The van der Waals surface area contributed by atoms with Gasteiger partial charge in [-0.3, -0.25) is 9.48 Å². The summed E-state index contributed by atoms with van der Waals surface area (Å²) in [5, 5.41) is 14.1. The number of pyridine rings is 1. The summed E-state index contributed by atoms with van der Waals surface area (Å²) in [6.45, 7) is 2.22. The lowest BCUT2D eigenvalue weighted by molar-refractivity contribution is -0.136. The van der Waals surface area contributed by atoms with E-state index in [1.54, 1.807) is 4.68 Å². The minimum absolute atomic E-state index is 0.0934. The first kappa shape index (κ1) is 21.2. The van der Waals surface area contributed by atoms with Crippen LogP contribution in [0.4, 0.5) is 4.39 Å². The molecule has 4 rings (SSSR count). The van der Waals surface area contributed by atoms with Gasteiger partial charge < -0.3 is 9.84 Å². The topological polar surface area (TPSA) is 115 Å². The molecule has 1 N–H and O–H groups in total. The molecule has 0 aliphatic carbocycles. The van der Waals surface area contributed by atoms with Crippen LogP contribution >= 0.6 is 0 Å². The van der Waals surface area contributed by atoms with Gasteiger partial charge in [-0.1, -0.05) is 6.92 Å². The molecule has 1 aliphatic rings. The van der Waals surface area contributed by atoms with E-state index in [1.165, 1.54) is 47.9 Å². The summed E-state index contributed by atoms with van der Waals surface area (Å²) < 4.78 is 48.0. The van der Waals surface area contributed by atoms with Gasteiger partial charge in [-0.15, -0.1) is 0 Å². The Balaban J connectivity index is 1.69. The molecular weight excluding hydrogens is 427 g/mol. The summed E-state index contributed by atoms with van der Waals surface area (Å²) in [5.74, 6) is -1.22. The van der Waals surface area contributed by atoms with Crippen molar-refractivity contribution in [3.05, 3.63) is 48.0 Å². The van der Waals surface area contributed by atoms with E-state index in [1.807, 2.05) is 6.92 Å². The molecule has 0 bridgehead atoms. The number of hydrogen-bond donors (Lipinski definition) is 1. The van der Waals surface area contributed by atoms with Crippen molar-refractivity contribution in [1.29, 1.82) is 0 Å². The van der Waals surface area contributed by atoms with E-state index in [9.17, 15) is 22.7 Å². The number of carboxylic acid groups (broad SMARTS) is 1. The van der Waals surface area contributed by atoms with Crippen molar-refractivity contribution in [3.8, 4) is 5.75 Å². The molecule has 0 saturated carbocycles. The van der Waals surface area contributed by atoms with Crippen LogP contribution in [0.25, 0.3) is 10.9 Å². The molecule has 31 heavy (non-hydrogen) atoms. The normalized spacial score (nSPS) is 19.7. The van der Waals surface area contributed by atoms with Crippen molar-refractivity contribution < 1.29 is 27.4 Å². The maximum Gasteiger partial charge on any atom is 0.309 e. The summed E-state index contributed by atoms with van der Waals surface area (Å²) in [6.07, 6.45) is 1.03. The van der Waals surface area contributed by atoms with E-state index in [0.717, 1.165) is 0 Å². The van der Waals surface area contributed by atoms with Crippen molar-refractivity contribution in [2.75, 3.05) is 20.2 Å². The fourth-order valence-corrected chi connectivity index (χ4v) is 5.37. The predicted molar refractivity (Wildman–Crippen MR) is 109 cm³/mol. The Hall–Kier alpha value is -3.05. The van der Waals surface area contributed by atoms with Gasteiger partial charge >= 0.3 is 5.97 Å². The lowest BCUT2D eigenvalue weighted by Crippen LogP contribution is -2.30. The van der Waals surface area contributed by atoms with Gasteiger partial charge in [-0.05, 0) is 36.2 Å². The second-order valence-electron chi connectivity index (χ2n) is 7.53. The molecule has 1 aliphatic heterocycles. The molecule has 0 unspecified atom stereocenters. The van der Waals surface area contributed by atoms with Crippen molar-refractivity contribution in [2.24, 2.45) is 5.92 Å². The van der Waals surface area contributed by atoms with Gasteiger partial charge in [-0.2, -0.15) is 9.40 Å². The first-order valence-electron chi connectivity index (χ1n) is 9.59. The molecule has 11 heteroatoms. The fraction of sp³-hybridized carbons (Fsp3) is 0.350. The van der Waals surface area contributed by atoms with Gasteiger partial charge in [0, 0.05) is 18.5 Å². The standard InChI is InChI=1S/C20H21FN4O5S/c1-12-10-24(31(28,29)19-6-4-14(30-2)9-22-19)11-18(12)25-17-7-13(21)3-5-15(17)16(23-25)8-20(26)27/h3-7,9,12,18H,8,10-11H2,1-2H3,(H,26,27)/t12-,18+/m1/s1. The average molecular weight is 448 g/mol. The van der Waals surface area contributed by atoms with E-state index in [0.29, 0.717) is 22.3 Å². The van der Waals surface area contributed by atoms with E-state index in [4.69, 9.17) is 4.74 Å². The minimum Gasteiger partial charge on any atom is -0.495 e. The zero-order chi connectivity index (χ0) is 22.3. The Bertz CT molecular complexity index is 1240. The van der Waals surface area contributed by atoms with Gasteiger partial charge in [0.25, 0.3) is 10.0 Å². The van der Waals surface area contributed by atoms with Gasteiger partial charge in [0.05, 0.1) is 37.0 Å². The summed E-state index contributed by atoms with van der Waals surface area (Å²) in [5.41, 5.74) is 0.753. The highest BCUT2D eigenvalue weighted by Gasteiger charge is 2.40. The third-order valence-corrected chi connectivity index (χ3v) is 7.22. The number of benzene rings is 1. The zero-order valence-corrected chi connectivity index (χ0v) is 17.7. The largest absolute Gasteiger partial charge is 0.495 e. The van der Waals surface area contributed by atoms with Crippen LogP contribution in [0.5, 0.6) is 5.75 Å². The van der Waals surface area contributed by atoms with Crippen LogP contribution in [0.2, 0.25) is 0 Å². The number of carboxylic acids is 1. The van der Waals surface area contributed by atoms with Crippen molar-refractivity contribution in [3.63, 3.8) is 0 Å². The lowest BCUT2D eigenvalue weighted by atomic mass is 10.1. The van der Waals surface area contributed by atoms with E-state index < -0.39 is 21.8 Å². The molecule has 3 heterocycles. The second kappa shape index (κ2) is 7.89. The molecule has 0 amide bonds. The minimum atomic E-state index is -3.85. The average Bonchev–Trinajstić information content (AvgIpc) is 3.28. The molecule has 0 radical (unpaired) electrons. The summed E-state index contributed by atoms with van der Waals surface area (Å²) in [7, 11) is -2.39. The van der Waals surface area contributed by atoms with E-state index >= 15 is 0 Å². The third-order valence-electron chi connectivity index (χ3n) is 5.47. The molecule has 9 nitrogen and oxygen atoms in total. The number of methoxy groups -OCH3 is 1. The number of fused-ring (bicyclic) bond motifs is 1. The lowest BCUT2D eigenvalue weighted by Gasteiger charge is -2.17. The maximum absolute atomic E-state index is 13.9. The number of aromatic nitrogens is 3. The highest BCUT2D eigenvalue weighted by molar-refractivity contribution is 7.89. The first-order chi connectivity index (χ1) is 14.7. The van der Waals surface area contributed by atoms with Crippen LogP contribution in [0.1, 0.15) is 18.7 Å². The quantitative estimate of drug-likeness (QED) is 0.614. The van der Waals surface area contributed by atoms with E-state index in [2.05, 4.69) is 10.1 Å². The zero-order valence-electron chi connectivity index (χ0n) is 16.9. The summed E-state index contributed by atoms with van der Waals surface area (Å²) >= 11 is 0. The smallest absolute Gasteiger partial charge is 0.309 e. The summed E-state index contributed by atoms with van der Waals surface area (Å²) in [6, 6.07) is 6.57. The summed E-state index contributed by atoms with van der Waals surface area (Å²) in [4.78, 5) is 15.2. The SMILES string of the molecule is COc1ccc(S(=O)(=O)N2C[C@@H](C)[C@@H](n3nc(CC(=O)O)c4ccc(F)cc43)C2)nc1. The second-order valence-corrected chi connectivity index (χ2v) is 9.41. The molecule has 1 aromatic carbocycles. The first-order valence-corrected chi connectivity index (χ1v) is 11.0. The van der Waals surface area contributed by atoms with E-state index in [-0.39, 0.29) is 36.5 Å². The fourth-order valence-electron chi connectivity index (χ4n) is 3.90. The molecule has 2 aromatic heterocycles. The van der Waals surface area contributed by atoms with Gasteiger partial charge in [0.2, 0.25) is 0 Å². The molecule has 3 aromatic rings. The molecule has 0 spiro atoms. The highest BCUT2D eigenvalue weighted by Crippen LogP contribution is 2.34. The number of aliphatic carboxylic acids is 1. The van der Waals surface area contributed by atoms with Crippen LogP contribution in [-0.2, 0) is 21.2 Å². The molecule has 164 valence electrons. The van der Waals surface area contributed by atoms with Crippen LogP contribution in [0.15, 0.2) is 41.6 Å². The Morgan fingerprint density at radius 1 is 1.29 bits per heavy atom. The Morgan fingerprint density at radius 3 is 2.71 bits per heavy atom.